The van der Waals surface area contributed by atoms with Crippen LogP contribution in [0.15, 0.2) is 29.2 Å². The lowest BCUT2D eigenvalue weighted by molar-refractivity contribution is -0.143. The fourth-order valence-corrected chi connectivity index (χ4v) is 4.31. The Kier molecular flexibility index (Phi) is 7.99. The number of carbonyl (C=O) groups excluding carboxylic acids is 1. The number of sulfonamides is 1. The van der Waals surface area contributed by atoms with E-state index in [-0.39, 0.29) is 16.9 Å². The molecule has 0 aliphatic carbocycles. The number of hydrogen-bond acceptors (Lipinski definition) is 5. The fraction of sp³-hybridized carbons (Fsp3) is 0.611. The second kappa shape index (κ2) is 9.99. The Bertz CT molecular complexity index is 679. The second-order valence-electron chi connectivity index (χ2n) is 6.48. The van der Waals surface area contributed by atoms with Crippen molar-refractivity contribution in [2.75, 3.05) is 26.2 Å². The summed E-state index contributed by atoms with van der Waals surface area (Å²) in [6.45, 7) is 4.61. The molecular weight excluding hydrogens is 359 g/mol. The Morgan fingerprint density at radius 2 is 2.00 bits per heavy atom. The van der Waals surface area contributed by atoms with Crippen LogP contribution in [-0.4, -0.2) is 51.6 Å². The minimum Gasteiger partial charge on any atom is -0.466 e. The molecule has 1 unspecified atom stereocenters. The van der Waals surface area contributed by atoms with Crippen molar-refractivity contribution in [3.05, 3.63) is 30.1 Å². The highest BCUT2D eigenvalue weighted by molar-refractivity contribution is 7.89. The normalized spacial score (nSPS) is 18.2. The summed E-state index contributed by atoms with van der Waals surface area (Å²) in [6.07, 6.45) is 3.93. The topological polar surface area (TPSA) is 75.7 Å². The predicted molar refractivity (Wildman–Crippen MR) is 96.7 cm³/mol. The largest absolute Gasteiger partial charge is 0.466 e. The average Bonchev–Trinajstić information content (AvgIpc) is 3.02. The molecule has 1 atom stereocenters. The number of likely N-dealkylation sites (tertiary alicyclic amines) is 1. The summed E-state index contributed by atoms with van der Waals surface area (Å²) >= 11 is 0. The highest BCUT2D eigenvalue weighted by atomic mass is 32.2. The van der Waals surface area contributed by atoms with Gasteiger partial charge in [-0.15, -0.1) is 0 Å². The molecule has 1 aliphatic heterocycles. The first-order valence-corrected chi connectivity index (χ1v) is 10.5. The van der Waals surface area contributed by atoms with Gasteiger partial charge in [0, 0.05) is 19.0 Å². The van der Waals surface area contributed by atoms with E-state index in [1.807, 2.05) is 0 Å². The summed E-state index contributed by atoms with van der Waals surface area (Å²) in [5, 5.41) is 0. The molecule has 0 radical (unpaired) electrons. The molecule has 0 amide bonds. The van der Waals surface area contributed by atoms with E-state index in [2.05, 4.69) is 9.62 Å². The Morgan fingerprint density at radius 1 is 1.27 bits per heavy atom. The van der Waals surface area contributed by atoms with E-state index in [4.69, 9.17) is 4.74 Å². The third kappa shape index (κ3) is 6.66. The smallest absolute Gasteiger partial charge is 0.305 e. The van der Waals surface area contributed by atoms with E-state index < -0.39 is 15.8 Å². The van der Waals surface area contributed by atoms with Crippen molar-refractivity contribution in [2.45, 2.75) is 50.0 Å². The van der Waals surface area contributed by atoms with E-state index in [1.54, 1.807) is 6.92 Å². The summed E-state index contributed by atoms with van der Waals surface area (Å²) in [7, 11) is -3.62. The highest BCUT2D eigenvalue weighted by Crippen LogP contribution is 2.15. The Hall–Kier alpha value is -1.51. The Labute approximate surface area is 154 Å². The molecule has 146 valence electrons. The van der Waals surface area contributed by atoms with E-state index in [0.29, 0.717) is 19.6 Å². The maximum absolute atomic E-state index is 12.9. The van der Waals surface area contributed by atoms with Crippen LogP contribution in [0.4, 0.5) is 4.39 Å². The van der Waals surface area contributed by atoms with Gasteiger partial charge in [0.15, 0.2) is 0 Å². The molecule has 1 heterocycles. The van der Waals surface area contributed by atoms with Gasteiger partial charge >= 0.3 is 5.97 Å². The van der Waals surface area contributed by atoms with E-state index in [9.17, 15) is 17.6 Å². The van der Waals surface area contributed by atoms with Gasteiger partial charge in [-0.25, -0.2) is 17.5 Å². The van der Waals surface area contributed by atoms with Crippen LogP contribution in [0.25, 0.3) is 0 Å². The summed E-state index contributed by atoms with van der Waals surface area (Å²) in [5.41, 5.74) is 0. The number of hydrogen-bond donors (Lipinski definition) is 1. The Balaban J connectivity index is 1.68. The molecule has 0 aromatic heterocycles. The number of nitrogens with one attached hydrogen (secondary N) is 1. The summed E-state index contributed by atoms with van der Waals surface area (Å²) in [4.78, 5) is 13.6. The third-order valence-corrected chi connectivity index (χ3v) is 5.92. The highest BCUT2D eigenvalue weighted by Gasteiger charge is 2.26. The van der Waals surface area contributed by atoms with Gasteiger partial charge in [0.1, 0.15) is 5.82 Å². The fourth-order valence-electron chi connectivity index (χ4n) is 3.05. The molecule has 0 bridgehead atoms. The first-order valence-electron chi connectivity index (χ1n) is 9.06. The molecule has 1 fully saturated rings. The lowest BCUT2D eigenvalue weighted by atomic mass is 10.2. The number of halogens is 1. The van der Waals surface area contributed by atoms with Crippen LogP contribution in [0.3, 0.4) is 0 Å². The number of benzene rings is 1. The number of rotatable bonds is 10. The monoisotopic (exact) mass is 386 g/mol. The molecule has 0 saturated carbocycles. The van der Waals surface area contributed by atoms with Crippen LogP contribution in [-0.2, 0) is 19.6 Å². The van der Waals surface area contributed by atoms with Crippen molar-refractivity contribution in [2.24, 2.45) is 0 Å². The maximum Gasteiger partial charge on any atom is 0.305 e. The van der Waals surface area contributed by atoms with Crippen LogP contribution >= 0.6 is 0 Å². The quantitative estimate of drug-likeness (QED) is 0.493. The van der Waals surface area contributed by atoms with Crippen molar-refractivity contribution in [1.29, 1.82) is 0 Å². The van der Waals surface area contributed by atoms with Crippen LogP contribution in [0.5, 0.6) is 0 Å². The zero-order valence-corrected chi connectivity index (χ0v) is 15.9. The lowest BCUT2D eigenvalue weighted by Crippen LogP contribution is -2.37. The molecule has 1 aromatic rings. The number of unbranched alkanes of at least 4 members (excludes halogenated alkanes) is 2. The molecule has 6 nitrogen and oxygen atoms in total. The van der Waals surface area contributed by atoms with Gasteiger partial charge in [-0.3, -0.25) is 4.79 Å². The predicted octanol–water partition coefficient (Wildman–Crippen LogP) is 2.30. The third-order valence-electron chi connectivity index (χ3n) is 4.38. The summed E-state index contributed by atoms with van der Waals surface area (Å²) < 4.78 is 45.2. The minimum atomic E-state index is -3.62. The zero-order chi connectivity index (χ0) is 19.0. The molecule has 1 saturated heterocycles. The van der Waals surface area contributed by atoms with Gasteiger partial charge in [-0.1, -0.05) is 6.42 Å². The van der Waals surface area contributed by atoms with E-state index in [0.717, 1.165) is 50.9 Å². The standard InChI is InChI=1S/C18H27FN2O4S/c1-2-25-18(22)6-4-3-5-12-21-13-11-16(14-21)20-26(23,24)17-9-7-15(19)8-10-17/h7-10,16,20H,2-6,11-14H2,1H3. The molecule has 1 aromatic carbocycles. The molecule has 0 spiro atoms. The zero-order valence-electron chi connectivity index (χ0n) is 15.1. The molecule has 1 N–H and O–H groups in total. The van der Waals surface area contributed by atoms with Crippen LogP contribution < -0.4 is 4.72 Å². The van der Waals surface area contributed by atoms with Crippen molar-refractivity contribution in [3.63, 3.8) is 0 Å². The van der Waals surface area contributed by atoms with E-state index >= 15 is 0 Å². The minimum absolute atomic E-state index is 0.0799. The van der Waals surface area contributed by atoms with Crippen molar-refractivity contribution >= 4 is 16.0 Å². The molecular formula is C18H27FN2O4S. The molecule has 2 rings (SSSR count). The SMILES string of the molecule is CCOC(=O)CCCCCN1CCC(NS(=O)(=O)c2ccc(F)cc2)C1. The number of ether oxygens (including phenoxy) is 1. The van der Waals surface area contributed by atoms with Crippen LogP contribution in [0.1, 0.15) is 39.0 Å². The summed E-state index contributed by atoms with van der Waals surface area (Å²) in [5.74, 6) is -0.608. The van der Waals surface area contributed by atoms with Crippen LogP contribution in [0, 0.1) is 5.82 Å². The molecule has 8 heteroatoms. The maximum atomic E-state index is 12.9. The lowest BCUT2D eigenvalue weighted by Gasteiger charge is -2.16. The molecule has 26 heavy (non-hydrogen) atoms. The number of esters is 1. The Morgan fingerprint density at radius 3 is 2.69 bits per heavy atom. The van der Waals surface area contributed by atoms with Crippen molar-refractivity contribution in [3.8, 4) is 0 Å². The first-order chi connectivity index (χ1) is 12.4. The van der Waals surface area contributed by atoms with Crippen LogP contribution in [0.2, 0.25) is 0 Å². The molecule has 1 aliphatic rings. The van der Waals surface area contributed by atoms with Gasteiger partial charge < -0.3 is 9.64 Å². The van der Waals surface area contributed by atoms with Gasteiger partial charge in [-0.2, -0.15) is 0 Å². The first kappa shape index (κ1) is 20.8. The second-order valence-corrected chi connectivity index (χ2v) is 8.19. The van der Waals surface area contributed by atoms with E-state index in [1.165, 1.54) is 12.1 Å². The number of nitrogens with zero attached hydrogens (tertiary/aromatic N) is 1. The van der Waals surface area contributed by atoms with Gasteiger partial charge in [0.25, 0.3) is 0 Å². The van der Waals surface area contributed by atoms with Gasteiger partial charge in [0.2, 0.25) is 10.0 Å². The average molecular weight is 386 g/mol. The summed E-state index contributed by atoms with van der Waals surface area (Å²) in [6, 6.07) is 4.70. The van der Waals surface area contributed by atoms with Crippen molar-refractivity contribution in [1.82, 2.24) is 9.62 Å². The van der Waals surface area contributed by atoms with Gasteiger partial charge in [-0.05, 0) is 63.5 Å². The van der Waals surface area contributed by atoms with Crippen molar-refractivity contribution < 1.29 is 22.3 Å². The van der Waals surface area contributed by atoms with Gasteiger partial charge in [0.05, 0.1) is 11.5 Å². The number of carbonyl (C=O) groups is 1.